The van der Waals surface area contributed by atoms with Crippen LogP contribution < -0.4 is 10.5 Å². The van der Waals surface area contributed by atoms with Crippen LogP contribution in [0.2, 0.25) is 0 Å². The fourth-order valence-electron chi connectivity index (χ4n) is 2.20. The molecule has 0 saturated heterocycles. The molecule has 3 N–H and O–H groups in total. The highest BCUT2D eigenvalue weighted by molar-refractivity contribution is 9.10. The summed E-state index contributed by atoms with van der Waals surface area (Å²) in [5, 5.41) is 7.85. The lowest BCUT2D eigenvalue weighted by atomic mass is 10.1. The number of carbonyl (C=O) groups is 1. The lowest BCUT2D eigenvalue weighted by Gasteiger charge is -2.12. The Morgan fingerprint density at radius 3 is 2.47 bits per heavy atom. The maximum atomic E-state index is 12.0. The largest absolute Gasteiger partial charge is 0.325 e. The van der Waals surface area contributed by atoms with Gasteiger partial charge in [0.2, 0.25) is 15.9 Å². The number of anilines is 1. The summed E-state index contributed by atoms with van der Waals surface area (Å²) in [6.07, 6.45) is 4.00. The third-order valence-electron chi connectivity index (χ3n) is 3.25. The number of carbonyl (C=O) groups excluding carboxylic acids is 1. The van der Waals surface area contributed by atoms with Crippen molar-refractivity contribution < 1.29 is 13.2 Å². The Kier molecular flexibility index (Phi) is 4.27. The number of halogens is 1. The minimum Gasteiger partial charge on any atom is -0.325 e. The zero-order valence-corrected chi connectivity index (χ0v) is 12.6. The first-order valence-electron chi connectivity index (χ1n) is 6.01. The van der Waals surface area contributed by atoms with Gasteiger partial charge in [0, 0.05) is 10.4 Å². The van der Waals surface area contributed by atoms with Gasteiger partial charge < -0.3 is 5.32 Å². The minimum atomic E-state index is -3.73. The smallest absolute Gasteiger partial charge is 0.238 e. The molecule has 0 atom stereocenters. The van der Waals surface area contributed by atoms with Gasteiger partial charge in [0.05, 0.1) is 10.6 Å². The van der Waals surface area contributed by atoms with E-state index in [1.54, 1.807) is 0 Å². The van der Waals surface area contributed by atoms with Crippen LogP contribution in [0.25, 0.3) is 0 Å². The highest BCUT2D eigenvalue weighted by Crippen LogP contribution is 2.29. The van der Waals surface area contributed by atoms with Crippen LogP contribution in [0.3, 0.4) is 0 Å². The number of sulfonamides is 1. The second kappa shape index (κ2) is 5.60. The normalized spacial score (nSPS) is 16.5. The molecule has 104 valence electrons. The van der Waals surface area contributed by atoms with E-state index >= 15 is 0 Å². The van der Waals surface area contributed by atoms with Crippen molar-refractivity contribution in [2.24, 2.45) is 11.1 Å². The number of nitrogens with one attached hydrogen (secondary N) is 1. The van der Waals surface area contributed by atoms with Gasteiger partial charge >= 0.3 is 0 Å². The summed E-state index contributed by atoms with van der Waals surface area (Å²) >= 11 is 3.24. The van der Waals surface area contributed by atoms with Crippen molar-refractivity contribution in [1.82, 2.24) is 0 Å². The Morgan fingerprint density at radius 2 is 1.95 bits per heavy atom. The fraction of sp³-hybridized carbons (Fsp3) is 0.417. The highest BCUT2D eigenvalue weighted by atomic mass is 79.9. The molecule has 1 fully saturated rings. The van der Waals surface area contributed by atoms with Crippen molar-refractivity contribution in [3.8, 4) is 0 Å². The molecule has 1 aliphatic carbocycles. The summed E-state index contributed by atoms with van der Waals surface area (Å²) in [7, 11) is -3.73. The molecule has 1 aromatic rings. The van der Waals surface area contributed by atoms with Crippen molar-refractivity contribution in [2.45, 2.75) is 30.6 Å². The van der Waals surface area contributed by atoms with Gasteiger partial charge in [-0.25, -0.2) is 13.6 Å². The standard InChI is InChI=1S/C12H15BrN2O3S/c13-10-7-9(19(14,17)18)5-6-11(10)15-12(16)8-3-1-2-4-8/h5-8H,1-4H2,(H,15,16)(H2,14,17,18). The van der Waals surface area contributed by atoms with Gasteiger partial charge in [-0.3, -0.25) is 4.79 Å². The van der Waals surface area contributed by atoms with E-state index in [2.05, 4.69) is 21.2 Å². The predicted molar refractivity (Wildman–Crippen MR) is 76.1 cm³/mol. The summed E-state index contributed by atoms with van der Waals surface area (Å²) in [5.74, 6) is 0.0476. The maximum absolute atomic E-state index is 12.0. The third kappa shape index (κ3) is 3.55. The molecular formula is C12H15BrN2O3S. The third-order valence-corrected chi connectivity index (χ3v) is 4.82. The van der Waals surface area contributed by atoms with Crippen LogP contribution in [0.15, 0.2) is 27.6 Å². The lowest BCUT2D eigenvalue weighted by Crippen LogP contribution is -2.20. The van der Waals surface area contributed by atoms with Crippen LogP contribution in [-0.2, 0) is 14.8 Å². The van der Waals surface area contributed by atoms with E-state index in [1.807, 2.05) is 0 Å². The summed E-state index contributed by atoms with van der Waals surface area (Å²) in [4.78, 5) is 12.0. The van der Waals surface area contributed by atoms with E-state index in [0.29, 0.717) is 10.2 Å². The average Bonchev–Trinajstić information content (AvgIpc) is 2.84. The second-order valence-electron chi connectivity index (χ2n) is 4.66. The van der Waals surface area contributed by atoms with Crippen LogP contribution in [0.5, 0.6) is 0 Å². The van der Waals surface area contributed by atoms with Crippen LogP contribution in [0.4, 0.5) is 5.69 Å². The second-order valence-corrected chi connectivity index (χ2v) is 7.07. The molecule has 0 bridgehead atoms. The van der Waals surface area contributed by atoms with E-state index in [-0.39, 0.29) is 16.7 Å². The van der Waals surface area contributed by atoms with E-state index in [0.717, 1.165) is 25.7 Å². The molecule has 0 spiro atoms. The topological polar surface area (TPSA) is 89.3 Å². The van der Waals surface area contributed by atoms with Crippen molar-refractivity contribution in [1.29, 1.82) is 0 Å². The Morgan fingerprint density at radius 1 is 1.32 bits per heavy atom. The Hall–Kier alpha value is -0.920. The zero-order chi connectivity index (χ0) is 14.0. The summed E-state index contributed by atoms with van der Waals surface area (Å²) in [6.45, 7) is 0. The minimum absolute atomic E-state index is 0.0123. The average molecular weight is 347 g/mol. The molecule has 1 amide bonds. The van der Waals surface area contributed by atoms with Crippen LogP contribution in [-0.4, -0.2) is 14.3 Å². The number of benzene rings is 1. The molecule has 1 aliphatic rings. The van der Waals surface area contributed by atoms with Crippen LogP contribution in [0, 0.1) is 5.92 Å². The first kappa shape index (κ1) is 14.5. The zero-order valence-electron chi connectivity index (χ0n) is 10.2. The predicted octanol–water partition coefficient (Wildman–Crippen LogP) is 2.23. The summed E-state index contributed by atoms with van der Waals surface area (Å²) < 4.78 is 22.9. The van der Waals surface area contributed by atoms with Gasteiger partial charge in [0.15, 0.2) is 0 Å². The van der Waals surface area contributed by atoms with E-state index in [4.69, 9.17) is 5.14 Å². The van der Waals surface area contributed by atoms with Crippen LogP contribution in [0.1, 0.15) is 25.7 Å². The van der Waals surface area contributed by atoms with Gasteiger partial charge in [-0.1, -0.05) is 12.8 Å². The molecule has 7 heteroatoms. The van der Waals surface area contributed by atoms with Gasteiger partial charge in [0.1, 0.15) is 0 Å². The summed E-state index contributed by atoms with van der Waals surface area (Å²) in [6, 6.07) is 4.31. The van der Waals surface area contributed by atoms with Gasteiger partial charge in [-0.05, 0) is 47.0 Å². The number of primary sulfonamides is 1. The molecule has 19 heavy (non-hydrogen) atoms. The van der Waals surface area contributed by atoms with E-state index < -0.39 is 10.0 Å². The number of hydrogen-bond donors (Lipinski definition) is 2. The molecule has 1 saturated carbocycles. The number of rotatable bonds is 3. The first-order chi connectivity index (χ1) is 8.88. The quantitative estimate of drug-likeness (QED) is 0.879. The molecule has 2 rings (SSSR count). The van der Waals surface area contributed by atoms with Gasteiger partial charge in [-0.2, -0.15) is 0 Å². The van der Waals surface area contributed by atoms with E-state index in [1.165, 1.54) is 18.2 Å². The Labute approximate surface area is 120 Å². The van der Waals surface area contributed by atoms with Crippen LogP contribution >= 0.6 is 15.9 Å². The van der Waals surface area contributed by atoms with E-state index in [9.17, 15) is 13.2 Å². The number of hydrogen-bond acceptors (Lipinski definition) is 3. The van der Waals surface area contributed by atoms with Gasteiger partial charge in [0.25, 0.3) is 0 Å². The molecular weight excluding hydrogens is 332 g/mol. The monoisotopic (exact) mass is 346 g/mol. The van der Waals surface area contributed by atoms with Crippen molar-refractivity contribution in [3.05, 3.63) is 22.7 Å². The molecule has 0 aromatic heterocycles. The molecule has 0 aliphatic heterocycles. The molecule has 0 heterocycles. The number of nitrogens with two attached hydrogens (primary N) is 1. The maximum Gasteiger partial charge on any atom is 0.238 e. The molecule has 1 aromatic carbocycles. The summed E-state index contributed by atoms with van der Waals surface area (Å²) in [5.41, 5.74) is 0.560. The SMILES string of the molecule is NS(=O)(=O)c1ccc(NC(=O)C2CCCC2)c(Br)c1. The lowest BCUT2D eigenvalue weighted by molar-refractivity contribution is -0.119. The first-order valence-corrected chi connectivity index (χ1v) is 8.35. The van der Waals surface area contributed by atoms with Crippen molar-refractivity contribution in [2.75, 3.05) is 5.32 Å². The Balaban J connectivity index is 2.15. The molecule has 0 radical (unpaired) electrons. The Bertz CT molecular complexity index is 595. The highest BCUT2D eigenvalue weighted by Gasteiger charge is 2.23. The molecule has 0 unspecified atom stereocenters. The molecule has 5 nitrogen and oxygen atoms in total. The van der Waals surface area contributed by atoms with Crippen molar-refractivity contribution >= 4 is 37.5 Å². The van der Waals surface area contributed by atoms with Crippen molar-refractivity contribution in [3.63, 3.8) is 0 Å². The fourth-order valence-corrected chi connectivity index (χ4v) is 3.37. The van der Waals surface area contributed by atoms with Gasteiger partial charge in [-0.15, -0.1) is 0 Å². The number of amides is 1.